The minimum atomic E-state index is -0.116. The minimum absolute atomic E-state index is 0.0455. The van der Waals surface area contributed by atoms with Crippen LogP contribution in [0.5, 0.6) is 0 Å². The molecule has 0 radical (unpaired) electrons. The minimum Gasteiger partial charge on any atom is -0.359 e. The van der Waals surface area contributed by atoms with Gasteiger partial charge in [-0.05, 0) is 55.7 Å². The van der Waals surface area contributed by atoms with Crippen LogP contribution >= 0.6 is 0 Å². The van der Waals surface area contributed by atoms with Crippen molar-refractivity contribution in [2.24, 2.45) is 0 Å². The van der Waals surface area contributed by atoms with Crippen molar-refractivity contribution in [1.29, 1.82) is 0 Å². The monoisotopic (exact) mass is 337 g/mol. The molecule has 5 nitrogen and oxygen atoms in total. The topological polar surface area (TPSA) is 61.4 Å². The van der Waals surface area contributed by atoms with Gasteiger partial charge in [0.25, 0.3) is 0 Å². The summed E-state index contributed by atoms with van der Waals surface area (Å²) in [6.07, 6.45) is 2.11. The number of para-hydroxylation sites is 1. The first-order chi connectivity index (χ1) is 12.0. The summed E-state index contributed by atoms with van der Waals surface area (Å²) < 4.78 is 0. The van der Waals surface area contributed by atoms with Crippen molar-refractivity contribution < 1.29 is 9.59 Å². The Labute approximate surface area is 148 Å². The van der Waals surface area contributed by atoms with E-state index in [9.17, 15) is 9.59 Å². The molecule has 0 spiro atoms. The Morgan fingerprint density at radius 2 is 1.68 bits per heavy atom. The van der Waals surface area contributed by atoms with Crippen molar-refractivity contribution in [3.05, 3.63) is 54.1 Å². The van der Waals surface area contributed by atoms with Crippen LogP contribution in [0.15, 0.2) is 48.5 Å². The number of aryl methyl sites for hydroxylation is 1. The van der Waals surface area contributed by atoms with Crippen LogP contribution in [-0.4, -0.2) is 24.4 Å². The molecule has 2 N–H and O–H groups in total. The maximum Gasteiger partial charge on any atom is 0.243 e. The maximum absolute atomic E-state index is 12.5. The zero-order valence-electron chi connectivity index (χ0n) is 14.6. The van der Waals surface area contributed by atoms with E-state index in [4.69, 9.17) is 0 Å². The fraction of sp³-hybridized carbons (Fsp3) is 0.300. The van der Waals surface area contributed by atoms with Crippen LogP contribution in [0.1, 0.15) is 25.8 Å². The quantitative estimate of drug-likeness (QED) is 0.898. The number of hydrogen-bond donors (Lipinski definition) is 2. The number of fused-ring (bicyclic) bond motifs is 1. The molecule has 1 aliphatic rings. The van der Waals surface area contributed by atoms with Gasteiger partial charge >= 0.3 is 0 Å². The Bertz CT molecular complexity index is 771. The Morgan fingerprint density at radius 3 is 2.36 bits per heavy atom. The number of hydrogen-bond acceptors (Lipinski definition) is 3. The van der Waals surface area contributed by atoms with Gasteiger partial charge in [-0.3, -0.25) is 9.59 Å². The van der Waals surface area contributed by atoms with E-state index in [-0.39, 0.29) is 11.8 Å². The molecule has 0 aromatic heterocycles. The lowest BCUT2D eigenvalue weighted by molar-refractivity contribution is -0.115. The highest BCUT2D eigenvalue weighted by molar-refractivity contribution is 5.95. The second-order valence-electron chi connectivity index (χ2n) is 6.45. The molecular formula is C20H23N3O2. The van der Waals surface area contributed by atoms with Crippen molar-refractivity contribution in [2.75, 3.05) is 22.1 Å². The van der Waals surface area contributed by atoms with Gasteiger partial charge in [0.2, 0.25) is 11.8 Å². The van der Waals surface area contributed by atoms with Crippen molar-refractivity contribution in [2.45, 2.75) is 32.7 Å². The third kappa shape index (κ3) is 4.18. The number of nitrogens with one attached hydrogen (secondary N) is 2. The molecule has 1 aliphatic heterocycles. The summed E-state index contributed by atoms with van der Waals surface area (Å²) >= 11 is 0. The van der Waals surface area contributed by atoms with Gasteiger partial charge in [0.1, 0.15) is 0 Å². The Balaban J connectivity index is 1.65. The number of anilines is 3. The molecule has 0 saturated heterocycles. The molecule has 0 bridgehead atoms. The average molecular weight is 337 g/mol. The van der Waals surface area contributed by atoms with Gasteiger partial charge in [0, 0.05) is 30.0 Å². The fourth-order valence-corrected chi connectivity index (χ4v) is 3.20. The molecule has 130 valence electrons. The van der Waals surface area contributed by atoms with E-state index < -0.39 is 0 Å². The SMILES string of the molecule is CC(=O)Nc1ccc(NC(=O)CN2c3ccccc3CCC2C)cc1. The molecule has 2 aromatic carbocycles. The molecule has 0 fully saturated rings. The fourth-order valence-electron chi connectivity index (χ4n) is 3.20. The van der Waals surface area contributed by atoms with Crippen LogP contribution in [0.25, 0.3) is 0 Å². The molecule has 25 heavy (non-hydrogen) atoms. The Hall–Kier alpha value is -2.82. The van der Waals surface area contributed by atoms with Crippen molar-refractivity contribution in [3.63, 3.8) is 0 Å². The van der Waals surface area contributed by atoms with E-state index in [0.717, 1.165) is 24.2 Å². The second-order valence-corrected chi connectivity index (χ2v) is 6.45. The van der Waals surface area contributed by atoms with Gasteiger partial charge in [-0.1, -0.05) is 18.2 Å². The van der Waals surface area contributed by atoms with Gasteiger partial charge in [-0.2, -0.15) is 0 Å². The van der Waals surface area contributed by atoms with E-state index in [1.807, 2.05) is 12.1 Å². The highest BCUT2D eigenvalue weighted by Gasteiger charge is 2.24. The number of carbonyl (C=O) groups excluding carboxylic acids is 2. The normalized spacial score (nSPS) is 16.1. The molecule has 0 saturated carbocycles. The molecule has 5 heteroatoms. The molecule has 2 aromatic rings. The largest absolute Gasteiger partial charge is 0.359 e. The summed E-state index contributed by atoms with van der Waals surface area (Å²) in [6.45, 7) is 3.95. The lowest BCUT2D eigenvalue weighted by Crippen LogP contribution is -2.42. The maximum atomic E-state index is 12.5. The zero-order valence-corrected chi connectivity index (χ0v) is 14.6. The van der Waals surface area contributed by atoms with Gasteiger partial charge in [-0.25, -0.2) is 0 Å². The second kappa shape index (κ2) is 7.38. The summed E-state index contributed by atoms with van der Waals surface area (Å²) in [5.41, 5.74) is 3.88. The summed E-state index contributed by atoms with van der Waals surface area (Å²) in [4.78, 5) is 25.7. The van der Waals surface area contributed by atoms with E-state index in [1.54, 1.807) is 24.3 Å². The smallest absolute Gasteiger partial charge is 0.243 e. The number of benzene rings is 2. The van der Waals surface area contributed by atoms with Crippen LogP contribution in [-0.2, 0) is 16.0 Å². The third-order valence-electron chi connectivity index (χ3n) is 4.47. The van der Waals surface area contributed by atoms with Crippen LogP contribution < -0.4 is 15.5 Å². The van der Waals surface area contributed by atoms with Gasteiger partial charge in [0.05, 0.1) is 6.54 Å². The van der Waals surface area contributed by atoms with Gasteiger partial charge in [0.15, 0.2) is 0 Å². The zero-order chi connectivity index (χ0) is 17.8. The molecule has 3 rings (SSSR count). The molecule has 1 atom stereocenters. The Morgan fingerprint density at radius 1 is 1.04 bits per heavy atom. The van der Waals surface area contributed by atoms with Crippen molar-refractivity contribution >= 4 is 28.9 Å². The number of carbonyl (C=O) groups is 2. The first-order valence-electron chi connectivity index (χ1n) is 8.55. The standard InChI is InChI=1S/C20H23N3O2/c1-14-7-8-16-5-3-4-6-19(16)23(14)13-20(25)22-18-11-9-17(10-12-18)21-15(2)24/h3-6,9-12,14H,7-8,13H2,1-2H3,(H,21,24)(H,22,25). The summed E-state index contributed by atoms with van der Waals surface area (Å²) in [5, 5.41) is 5.64. The van der Waals surface area contributed by atoms with E-state index in [1.165, 1.54) is 12.5 Å². The van der Waals surface area contributed by atoms with Gasteiger partial charge < -0.3 is 15.5 Å². The number of amides is 2. The molecule has 1 heterocycles. The van der Waals surface area contributed by atoms with E-state index in [0.29, 0.717) is 18.3 Å². The van der Waals surface area contributed by atoms with Crippen LogP contribution in [0.2, 0.25) is 0 Å². The predicted octanol–water partition coefficient (Wildman–Crippen LogP) is 3.42. The highest BCUT2D eigenvalue weighted by atomic mass is 16.2. The predicted molar refractivity (Wildman–Crippen MR) is 101 cm³/mol. The van der Waals surface area contributed by atoms with Gasteiger partial charge in [-0.15, -0.1) is 0 Å². The lowest BCUT2D eigenvalue weighted by Gasteiger charge is -2.36. The first-order valence-corrected chi connectivity index (χ1v) is 8.55. The van der Waals surface area contributed by atoms with Crippen molar-refractivity contribution in [3.8, 4) is 0 Å². The molecular weight excluding hydrogens is 314 g/mol. The molecule has 0 aliphatic carbocycles. The molecule has 2 amide bonds. The van der Waals surface area contributed by atoms with Crippen LogP contribution in [0, 0.1) is 0 Å². The Kier molecular flexibility index (Phi) is 5.03. The van der Waals surface area contributed by atoms with Crippen molar-refractivity contribution in [1.82, 2.24) is 0 Å². The number of rotatable bonds is 4. The summed E-state index contributed by atoms with van der Waals surface area (Å²) in [5.74, 6) is -0.162. The van der Waals surface area contributed by atoms with Crippen LogP contribution in [0.4, 0.5) is 17.1 Å². The van der Waals surface area contributed by atoms with E-state index >= 15 is 0 Å². The average Bonchev–Trinajstić information content (AvgIpc) is 2.59. The molecule has 1 unspecified atom stereocenters. The van der Waals surface area contributed by atoms with Crippen LogP contribution in [0.3, 0.4) is 0 Å². The number of nitrogens with zero attached hydrogens (tertiary/aromatic N) is 1. The lowest BCUT2D eigenvalue weighted by atomic mass is 9.96. The first kappa shape index (κ1) is 17.0. The highest BCUT2D eigenvalue weighted by Crippen LogP contribution is 2.30. The summed E-state index contributed by atoms with van der Waals surface area (Å²) in [7, 11) is 0. The van der Waals surface area contributed by atoms with E-state index in [2.05, 4.69) is 34.6 Å². The third-order valence-corrected chi connectivity index (χ3v) is 4.47. The summed E-state index contributed by atoms with van der Waals surface area (Å²) in [6, 6.07) is 15.7.